The van der Waals surface area contributed by atoms with Crippen LogP contribution in [-0.4, -0.2) is 30.1 Å². The fourth-order valence-electron chi connectivity index (χ4n) is 2.80. The number of carbonyl (C=O) groups is 1. The van der Waals surface area contributed by atoms with Gasteiger partial charge in [-0.15, -0.1) is 0 Å². The van der Waals surface area contributed by atoms with Crippen LogP contribution in [0.15, 0.2) is 30.5 Å². The lowest BCUT2D eigenvalue weighted by molar-refractivity contribution is -0.124. The van der Waals surface area contributed by atoms with E-state index in [1.165, 1.54) is 10.9 Å². The van der Waals surface area contributed by atoms with Gasteiger partial charge in [0.1, 0.15) is 0 Å². The fraction of sp³-hybridized carbons (Fsp3) is 0.438. The molecule has 0 saturated carbocycles. The Labute approximate surface area is 118 Å². The highest BCUT2D eigenvalue weighted by atomic mass is 16.5. The predicted molar refractivity (Wildman–Crippen MR) is 78.5 cm³/mol. The van der Waals surface area contributed by atoms with Crippen molar-refractivity contribution in [1.82, 2.24) is 10.3 Å². The summed E-state index contributed by atoms with van der Waals surface area (Å²) < 4.78 is 5.43. The van der Waals surface area contributed by atoms with E-state index in [1.54, 1.807) is 0 Å². The molecular weight excluding hydrogens is 252 g/mol. The van der Waals surface area contributed by atoms with Crippen molar-refractivity contribution in [3.8, 4) is 0 Å². The van der Waals surface area contributed by atoms with Gasteiger partial charge >= 0.3 is 0 Å². The van der Waals surface area contributed by atoms with Gasteiger partial charge in [0.15, 0.2) is 0 Å². The molecule has 2 N–H and O–H groups in total. The number of fused-ring (bicyclic) bond motifs is 1. The maximum absolute atomic E-state index is 12.0. The molecule has 1 aliphatic rings. The van der Waals surface area contributed by atoms with Crippen LogP contribution < -0.4 is 5.32 Å². The first-order chi connectivity index (χ1) is 9.74. The molecule has 0 spiro atoms. The summed E-state index contributed by atoms with van der Waals surface area (Å²) in [7, 11) is 0. The quantitative estimate of drug-likeness (QED) is 0.897. The molecule has 1 saturated heterocycles. The van der Waals surface area contributed by atoms with Crippen LogP contribution in [0.5, 0.6) is 0 Å². The number of nitrogens with one attached hydrogen (secondary N) is 2. The van der Waals surface area contributed by atoms with Crippen molar-refractivity contribution in [3.63, 3.8) is 0 Å². The van der Waals surface area contributed by atoms with E-state index < -0.39 is 0 Å². The van der Waals surface area contributed by atoms with Gasteiger partial charge in [0.25, 0.3) is 0 Å². The summed E-state index contributed by atoms with van der Waals surface area (Å²) in [4.78, 5) is 15.2. The van der Waals surface area contributed by atoms with Gasteiger partial charge < -0.3 is 15.0 Å². The van der Waals surface area contributed by atoms with Gasteiger partial charge in [-0.25, -0.2) is 0 Å². The van der Waals surface area contributed by atoms with Gasteiger partial charge in [0.2, 0.25) is 5.91 Å². The van der Waals surface area contributed by atoms with Gasteiger partial charge in [-0.05, 0) is 31.4 Å². The number of carbonyl (C=O) groups excluding carboxylic acids is 1. The fourth-order valence-corrected chi connectivity index (χ4v) is 2.80. The van der Waals surface area contributed by atoms with E-state index in [0.29, 0.717) is 13.2 Å². The Morgan fingerprint density at radius 2 is 2.30 bits per heavy atom. The normalized spacial score (nSPS) is 22.2. The summed E-state index contributed by atoms with van der Waals surface area (Å²) in [5, 5.41) is 4.25. The highest BCUT2D eigenvalue weighted by Gasteiger charge is 2.27. The van der Waals surface area contributed by atoms with Gasteiger partial charge in [-0.1, -0.05) is 18.2 Å². The van der Waals surface area contributed by atoms with E-state index in [1.807, 2.05) is 25.3 Å². The molecule has 2 aromatic rings. The first-order valence-corrected chi connectivity index (χ1v) is 7.18. The van der Waals surface area contributed by atoms with Crippen LogP contribution >= 0.6 is 0 Å². The van der Waals surface area contributed by atoms with Crippen molar-refractivity contribution in [2.24, 2.45) is 5.92 Å². The summed E-state index contributed by atoms with van der Waals surface area (Å²) in [6.07, 6.45) is 3.91. The van der Waals surface area contributed by atoms with Crippen molar-refractivity contribution in [3.05, 3.63) is 36.0 Å². The second-order valence-corrected chi connectivity index (χ2v) is 5.48. The number of rotatable bonds is 4. The molecular formula is C16H20N2O2. The second-order valence-electron chi connectivity index (χ2n) is 5.48. The van der Waals surface area contributed by atoms with Gasteiger partial charge in [-0.3, -0.25) is 4.79 Å². The molecule has 2 heterocycles. The van der Waals surface area contributed by atoms with E-state index in [4.69, 9.17) is 4.74 Å². The lowest BCUT2D eigenvalue weighted by Gasteiger charge is -2.09. The summed E-state index contributed by atoms with van der Waals surface area (Å²) in [6.45, 7) is 3.24. The van der Waals surface area contributed by atoms with E-state index in [9.17, 15) is 4.79 Å². The smallest absolute Gasteiger partial charge is 0.225 e. The topological polar surface area (TPSA) is 54.1 Å². The predicted octanol–water partition coefficient (Wildman–Crippen LogP) is 2.25. The van der Waals surface area contributed by atoms with Crippen LogP contribution in [0, 0.1) is 5.92 Å². The minimum absolute atomic E-state index is 0.0213. The maximum atomic E-state index is 12.0. The number of para-hydroxylation sites is 1. The molecule has 0 aliphatic carbocycles. The Morgan fingerprint density at radius 3 is 3.10 bits per heavy atom. The van der Waals surface area contributed by atoms with E-state index in [-0.39, 0.29) is 17.9 Å². The highest BCUT2D eigenvalue weighted by Crippen LogP contribution is 2.20. The molecule has 1 aliphatic heterocycles. The standard InChI is InChI=1S/C16H20N2O2/c1-11-8-13(10-20-11)16(19)17-7-6-12-9-18-15-5-3-2-4-14(12)15/h2-5,9,11,13,18H,6-8,10H2,1H3,(H,17,19). The Bertz CT molecular complexity index is 605. The van der Waals surface area contributed by atoms with Crippen molar-refractivity contribution >= 4 is 16.8 Å². The van der Waals surface area contributed by atoms with Crippen molar-refractivity contribution < 1.29 is 9.53 Å². The summed E-state index contributed by atoms with van der Waals surface area (Å²) in [5.74, 6) is 0.141. The zero-order valence-electron chi connectivity index (χ0n) is 11.7. The number of hydrogen-bond donors (Lipinski definition) is 2. The van der Waals surface area contributed by atoms with E-state index in [2.05, 4.69) is 22.4 Å². The average Bonchev–Trinajstić information content (AvgIpc) is 3.06. The summed E-state index contributed by atoms with van der Waals surface area (Å²) >= 11 is 0. The number of amides is 1. The van der Waals surface area contributed by atoms with Crippen molar-refractivity contribution in [1.29, 1.82) is 0 Å². The minimum atomic E-state index is 0.0213. The number of aromatic amines is 1. The van der Waals surface area contributed by atoms with E-state index >= 15 is 0 Å². The Balaban J connectivity index is 1.54. The molecule has 3 rings (SSSR count). The molecule has 0 radical (unpaired) electrons. The van der Waals surface area contributed by atoms with Crippen LogP contribution in [0.4, 0.5) is 0 Å². The molecule has 2 atom stereocenters. The number of H-pyrrole nitrogens is 1. The number of aromatic nitrogens is 1. The van der Waals surface area contributed by atoms with Crippen LogP contribution in [0.3, 0.4) is 0 Å². The van der Waals surface area contributed by atoms with Gasteiger partial charge in [0.05, 0.1) is 18.6 Å². The maximum Gasteiger partial charge on any atom is 0.225 e. The van der Waals surface area contributed by atoms with E-state index in [0.717, 1.165) is 18.4 Å². The average molecular weight is 272 g/mol. The molecule has 106 valence electrons. The molecule has 20 heavy (non-hydrogen) atoms. The summed E-state index contributed by atoms with van der Waals surface area (Å²) in [6, 6.07) is 8.23. The number of hydrogen-bond acceptors (Lipinski definition) is 2. The molecule has 2 unspecified atom stereocenters. The molecule has 1 amide bonds. The lowest BCUT2D eigenvalue weighted by Crippen LogP contribution is -2.32. The Hall–Kier alpha value is -1.81. The van der Waals surface area contributed by atoms with Crippen molar-refractivity contribution in [2.45, 2.75) is 25.9 Å². The third-order valence-electron chi connectivity index (χ3n) is 3.94. The van der Waals surface area contributed by atoms with Crippen LogP contribution in [0.25, 0.3) is 10.9 Å². The molecule has 0 bridgehead atoms. The number of ether oxygens (including phenoxy) is 1. The van der Waals surface area contributed by atoms with Crippen LogP contribution in [0.1, 0.15) is 18.9 Å². The van der Waals surface area contributed by atoms with Crippen LogP contribution in [-0.2, 0) is 16.0 Å². The van der Waals surface area contributed by atoms with Crippen molar-refractivity contribution in [2.75, 3.05) is 13.2 Å². The lowest BCUT2D eigenvalue weighted by atomic mass is 10.1. The summed E-state index contributed by atoms with van der Waals surface area (Å²) in [5.41, 5.74) is 2.39. The molecule has 1 aromatic carbocycles. The molecule has 1 fully saturated rings. The minimum Gasteiger partial charge on any atom is -0.378 e. The Kier molecular flexibility index (Phi) is 3.74. The first-order valence-electron chi connectivity index (χ1n) is 7.18. The van der Waals surface area contributed by atoms with Gasteiger partial charge in [0, 0.05) is 23.6 Å². The third-order valence-corrected chi connectivity index (χ3v) is 3.94. The van der Waals surface area contributed by atoms with Crippen LogP contribution in [0.2, 0.25) is 0 Å². The zero-order chi connectivity index (χ0) is 13.9. The SMILES string of the molecule is CC1CC(C(=O)NCCc2c[nH]c3ccccc23)CO1. The molecule has 4 nitrogen and oxygen atoms in total. The first kappa shape index (κ1) is 13.2. The largest absolute Gasteiger partial charge is 0.378 e. The third kappa shape index (κ3) is 2.70. The Morgan fingerprint density at radius 1 is 1.45 bits per heavy atom. The highest BCUT2D eigenvalue weighted by molar-refractivity contribution is 5.83. The van der Waals surface area contributed by atoms with Gasteiger partial charge in [-0.2, -0.15) is 0 Å². The molecule has 4 heteroatoms. The molecule has 1 aromatic heterocycles. The second kappa shape index (κ2) is 5.67. The number of benzene rings is 1. The monoisotopic (exact) mass is 272 g/mol. The zero-order valence-corrected chi connectivity index (χ0v) is 11.7.